The van der Waals surface area contributed by atoms with Crippen molar-refractivity contribution in [2.24, 2.45) is 10.9 Å². The Labute approximate surface area is 99.4 Å². The average molecular weight is 268 g/mol. The minimum absolute atomic E-state index is 0.297. The Kier molecular flexibility index (Phi) is 5.68. The second-order valence-electron chi connectivity index (χ2n) is 3.33. The summed E-state index contributed by atoms with van der Waals surface area (Å²) in [5.41, 5.74) is 5.22. The van der Waals surface area contributed by atoms with Gasteiger partial charge < -0.3 is 15.7 Å². The Balaban J connectivity index is 4.99. The molecule has 17 heavy (non-hydrogen) atoms. The van der Waals surface area contributed by atoms with E-state index in [0.29, 0.717) is 0 Å². The lowest BCUT2D eigenvalue weighted by Gasteiger charge is -2.24. The van der Waals surface area contributed by atoms with E-state index in [1.807, 2.05) is 0 Å². The summed E-state index contributed by atoms with van der Waals surface area (Å²) in [5.74, 6) is -0.297. The van der Waals surface area contributed by atoms with Crippen LogP contribution >= 0.6 is 0 Å². The summed E-state index contributed by atoms with van der Waals surface area (Å²) >= 11 is 0. The fourth-order valence-corrected chi connectivity index (χ4v) is 2.21. The van der Waals surface area contributed by atoms with Crippen molar-refractivity contribution in [3.05, 3.63) is 0 Å². The molecule has 10 heteroatoms. The number of ether oxygens (including phenoxy) is 1. The highest BCUT2D eigenvalue weighted by Gasteiger charge is 2.28. The van der Waals surface area contributed by atoms with Gasteiger partial charge in [0.05, 0.1) is 13.7 Å². The second kappa shape index (κ2) is 6.25. The molecule has 0 saturated heterocycles. The standard InChI is InChI=1S/C7H16N4O5S/c1-5(2)11(4-6(8)9-13)17(14,15)10-7(12)16-3/h5,13H,4H2,1-3H3,(H2,8,9)(H,10,12). The van der Waals surface area contributed by atoms with Crippen LogP contribution in [0.1, 0.15) is 13.8 Å². The van der Waals surface area contributed by atoms with Crippen LogP contribution < -0.4 is 10.5 Å². The molecule has 4 N–H and O–H groups in total. The summed E-state index contributed by atoms with van der Waals surface area (Å²) in [5, 5.41) is 11.1. The molecule has 0 spiro atoms. The molecule has 0 atom stereocenters. The zero-order valence-electron chi connectivity index (χ0n) is 9.74. The van der Waals surface area contributed by atoms with Gasteiger partial charge in [-0.15, -0.1) is 0 Å². The predicted octanol–water partition coefficient (Wildman–Crippen LogP) is -0.956. The fourth-order valence-electron chi connectivity index (χ4n) is 0.942. The number of carbonyl (C=O) groups excluding carboxylic acids is 1. The molecule has 9 nitrogen and oxygen atoms in total. The summed E-state index contributed by atoms with van der Waals surface area (Å²) in [6.07, 6.45) is -1.12. The largest absolute Gasteiger partial charge is 0.452 e. The molecule has 0 fully saturated rings. The van der Waals surface area contributed by atoms with Crippen LogP contribution in [-0.2, 0) is 14.9 Å². The number of rotatable bonds is 5. The Hall–Kier alpha value is -1.55. The molecule has 0 rings (SSSR count). The van der Waals surface area contributed by atoms with E-state index < -0.39 is 22.3 Å². The first-order valence-electron chi connectivity index (χ1n) is 4.58. The van der Waals surface area contributed by atoms with Crippen molar-refractivity contribution in [3.8, 4) is 0 Å². The SMILES string of the molecule is COC(=O)NS(=O)(=O)N(CC(N)=NO)C(C)C. The van der Waals surface area contributed by atoms with Crippen LogP contribution in [0.25, 0.3) is 0 Å². The lowest BCUT2D eigenvalue weighted by atomic mass is 10.4. The zero-order valence-corrected chi connectivity index (χ0v) is 10.6. The van der Waals surface area contributed by atoms with E-state index in [9.17, 15) is 13.2 Å². The Morgan fingerprint density at radius 1 is 1.59 bits per heavy atom. The van der Waals surface area contributed by atoms with Crippen molar-refractivity contribution in [3.63, 3.8) is 0 Å². The summed E-state index contributed by atoms with van der Waals surface area (Å²) < 4.78 is 30.1. The molecule has 0 unspecified atom stereocenters. The van der Waals surface area contributed by atoms with Crippen LogP contribution in [0.5, 0.6) is 0 Å². The lowest BCUT2D eigenvalue weighted by molar-refractivity contribution is 0.176. The highest BCUT2D eigenvalue weighted by molar-refractivity contribution is 7.87. The van der Waals surface area contributed by atoms with Gasteiger partial charge in [0.15, 0.2) is 5.84 Å². The summed E-state index contributed by atoms with van der Waals surface area (Å²) in [6, 6.07) is -0.488. The third kappa shape index (κ3) is 4.87. The number of nitrogens with two attached hydrogens (primary N) is 1. The molecule has 0 aliphatic carbocycles. The van der Waals surface area contributed by atoms with Crippen LogP contribution in [0.3, 0.4) is 0 Å². The number of carbonyl (C=O) groups is 1. The third-order valence-electron chi connectivity index (χ3n) is 1.73. The maximum Gasteiger partial charge on any atom is 0.421 e. The Morgan fingerprint density at radius 3 is 2.47 bits per heavy atom. The number of nitrogens with zero attached hydrogens (tertiary/aromatic N) is 2. The molecule has 0 aromatic heterocycles. The molecule has 0 aromatic carbocycles. The minimum Gasteiger partial charge on any atom is -0.452 e. The molecule has 0 saturated carbocycles. The monoisotopic (exact) mass is 268 g/mol. The normalized spacial score (nSPS) is 12.9. The van der Waals surface area contributed by atoms with E-state index in [2.05, 4.69) is 9.89 Å². The molecule has 0 radical (unpaired) electrons. The van der Waals surface area contributed by atoms with Gasteiger partial charge in [-0.2, -0.15) is 12.7 Å². The van der Waals surface area contributed by atoms with E-state index >= 15 is 0 Å². The van der Waals surface area contributed by atoms with E-state index in [1.54, 1.807) is 18.6 Å². The molecular weight excluding hydrogens is 252 g/mol. The van der Waals surface area contributed by atoms with Gasteiger partial charge in [-0.3, -0.25) is 0 Å². The van der Waals surface area contributed by atoms with Crippen molar-refractivity contribution in [2.45, 2.75) is 19.9 Å². The van der Waals surface area contributed by atoms with Gasteiger partial charge in [0.1, 0.15) is 0 Å². The number of hydrogen-bond donors (Lipinski definition) is 3. The Bertz CT molecular complexity index is 391. The van der Waals surface area contributed by atoms with Crippen molar-refractivity contribution in [1.82, 2.24) is 9.03 Å². The van der Waals surface area contributed by atoms with Crippen molar-refractivity contribution in [1.29, 1.82) is 0 Å². The van der Waals surface area contributed by atoms with Crippen LogP contribution in [0, 0.1) is 0 Å². The van der Waals surface area contributed by atoms with Gasteiger partial charge in [0.25, 0.3) is 0 Å². The number of methoxy groups -OCH3 is 1. The summed E-state index contributed by atoms with van der Waals surface area (Å²) in [6.45, 7) is 2.79. The van der Waals surface area contributed by atoms with Crippen molar-refractivity contribution >= 4 is 22.1 Å². The Morgan fingerprint density at radius 2 is 2.12 bits per heavy atom. The van der Waals surface area contributed by atoms with Gasteiger partial charge >= 0.3 is 16.3 Å². The van der Waals surface area contributed by atoms with Crippen LogP contribution in [-0.4, -0.2) is 49.6 Å². The molecule has 0 aromatic rings. The first-order valence-corrected chi connectivity index (χ1v) is 6.02. The van der Waals surface area contributed by atoms with Gasteiger partial charge in [-0.1, -0.05) is 5.16 Å². The minimum atomic E-state index is -4.10. The number of hydrogen-bond acceptors (Lipinski definition) is 6. The molecule has 100 valence electrons. The molecule has 0 aliphatic heterocycles. The van der Waals surface area contributed by atoms with E-state index in [0.717, 1.165) is 11.4 Å². The second-order valence-corrected chi connectivity index (χ2v) is 4.95. The maximum atomic E-state index is 11.7. The number of amidine groups is 1. The molecule has 0 heterocycles. The average Bonchev–Trinajstić information content (AvgIpc) is 2.23. The topological polar surface area (TPSA) is 134 Å². The van der Waals surface area contributed by atoms with Gasteiger partial charge in [-0.25, -0.2) is 9.52 Å². The molecular formula is C7H16N4O5S. The van der Waals surface area contributed by atoms with Gasteiger partial charge in [-0.05, 0) is 13.8 Å². The fraction of sp³-hybridized carbons (Fsp3) is 0.714. The highest BCUT2D eigenvalue weighted by Crippen LogP contribution is 2.04. The maximum absolute atomic E-state index is 11.7. The summed E-state index contributed by atoms with van der Waals surface area (Å²) in [7, 11) is -3.07. The van der Waals surface area contributed by atoms with Crippen LogP contribution in [0.2, 0.25) is 0 Å². The highest BCUT2D eigenvalue weighted by atomic mass is 32.2. The molecule has 1 amide bonds. The van der Waals surface area contributed by atoms with Crippen molar-refractivity contribution in [2.75, 3.05) is 13.7 Å². The quantitative estimate of drug-likeness (QED) is 0.254. The number of oxime groups is 1. The third-order valence-corrected chi connectivity index (χ3v) is 3.32. The smallest absolute Gasteiger partial charge is 0.421 e. The predicted molar refractivity (Wildman–Crippen MR) is 59.7 cm³/mol. The van der Waals surface area contributed by atoms with Gasteiger partial charge in [0.2, 0.25) is 0 Å². The van der Waals surface area contributed by atoms with E-state index in [1.165, 1.54) is 0 Å². The first-order chi connectivity index (χ1) is 7.74. The van der Waals surface area contributed by atoms with Crippen molar-refractivity contribution < 1.29 is 23.2 Å². The first kappa shape index (κ1) is 15.4. The zero-order chi connectivity index (χ0) is 13.6. The number of nitrogens with one attached hydrogen (secondary N) is 1. The van der Waals surface area contributed by atoms with E-state index in [-0.39, 0.29) is 12.4 Å². The lowest BCUT2D eigenvalue weighted by Crippen LogP contribution is -2.49. The summed E-state index contributed by atoms with van der Waals surface area (Å²) in [4.78, 5) is 10.9. The van der Waals surface area contributed by atoms with E-state index in [4.69, 9.17) is 10.9 Å². The van der Waals surface area contributed by atoms with Crippen LogP contribution in [0.4, 0.5) is 4.79 Å². The van der Waals surface area contributed by atoms with Gasteiger partial charge in [0, 0.05) is 6.04 Å². The molecule has 0 aliphatic rings. The molecule has 0 bridgehead atoms. The van der Waals surface area contributed by atoms with Crippen LogP contribution in [0.15, 0.2) is 5.16 Å². The number of amides is 1.